The lowest BCUT2D eigenvalue weighted by Gasteiger charge is -2.18. The number of aryl methyl sites for hydroxylation is 1. The number of aromatic nitrogens is 1. The van der Waals surface area contributed by atoms with Gasteiger partial charge in [0.1, 0.15) is 5.82 Å². The molecule has 0 aliphatic rings. The lowest BCUT2D eigenvalue weighted by atomic mass is 9.97. The number of pyridine rings is 1. The van der Waals surface area contributed by atoms with Crippen molar-refractivity contribution in [2.75, 3.05) is 11.1 Å². The van der Waals surface area contributed by atoms with E-state index in [0.29, 0.717) is 29.0 Å². The van der Waals surface area contributed by atoms with Crippen molar-refractivity contribution in [3.05, 3.63) is 94.3 Å². The van der Waals surface area contributed by atoms with Crippen molar-refractivity contribution in [3.63, 3.8) is 0 Å². The molecule has 5 nitrogen and oxygen atoms in total. The van der Waals surface area contributed by atoms with Crippen molar-refractivity contribution in [3.8, 4) is 11.1 Å². The van der Waals surface area contributed by atoms with Crippen LogP contribution in [0.3, 0.4) is 0 Å². The number of nitrogens with one attached hydrogen (secondary N) is 1. The Morgan fingerprint density at radius 2 is 1.74 bits per heavy atom. The Bertz CT molecular complexity index is 1320. The normalized spacial score (nSPS) is 10.9. The van der Waals surface area contributed by atoms with Crippen LogP contribution in [0.15, 0.2) is 77.6 Å². The number of nitrogens with zero attached hydrogens (tertiary/aromatic N) is 1. The van der Waals surface area contributed by atoms with E-state index >= 15 is 0 Å². The lowest BCUT2D eigenvalue weighted by Crippen LogP contribution is -2.24. The zero-order valence-corrected chi connectivity index (χ0v) is 17.7. The highest BCUT2D eigenvalue weighted by atomic mass is 16.1. The Hall–Kier alpha value is -3.86. The molecule has 0 saturated carbocycles. The number of benzene rings is 3. The SMILES string of the molecule is CCCn1c(N)c(-c2cccc(C)c2)c2ccc(NC(=O)c3ccccc3)cc2c1=O. The van der Waals surface area contributed by atoms with E-state index in [1.54, 1.807) is 22.8 Å². The zero-order valence-electron chi connectivity index (χ0n) is 17.7. The topological polar surface area (TPSA) is 77.1 Å². The monoisotopic (exact) mass is 411 g/mol. The molecular formula is C26H25N3O2. The molecule has 0 spiro atoms. The van der Waals surface area contributed by atoms with Crippen LogP contribution in [0.5, 0.6) is 0 Å². The van der Waals surface area contributed by atoms with Crippen molar-refractivity contribution < 1.29 is 4.79 Å². The largest absolute Gasteiger partial charge is 0.384 e. The first-order valence-corrected chi connectivity index (χ1v) is 10.4. The van der Waals surface area contributed by atoms with Crippen LogP contribution in [0, 0.1) is 6.92 Å². The summed E-state index contributed by atoms with van der Waals surface area (Å²) in [4.78, 5) is 25.8. The van der Waals surface area contributed by atoms with Gasteiger partial charge in [0.05, 0.1) is 0 Å². The Balaban J connectivity index is 1.89. The van der Waals surface area contributed by atoms with E-state index in [0.717, 1.165) is 28.5 Å². The quantitative estimate of drug-likeness (QED) is 0.473. The molecule has 3 aromatic carbocycles. The highest BCUT2D eigenvalue weighted by molar-refractivity contribution is 6.07. The van der Waals surface area contributed by atoms with E-state index in [1.807, 2.05) is 62.4 Å². The molecule has 0 saturated heterocycles. The summed E-state index contributed by atoms with van der Waals surface area (Å²) in [5, 5.41) is 4.20. The van der Waals surface area contributed by atoms with E-state index in [-0.39, 0.29) is 11.5 Å². The summed E-state index contributed by atoms with van der Waals surface area (Å²) in [6, 6.07) is 22.5. The Labute approximate surface area is 181 Å². The number of carbonyl (C=O) groups is 1. The fraction of sp³-hybridized carbons (Fsp3) is 0.154. The number of carbonyl (C=O) groups excluding carboxylic acids is 1. The summed E-state index contributed by atoms with van der Waals surface area (Å²) >= 11 is 0. The number of rotatable bonds is 5. The number of hydrogen-bond acceptors (Lipinski definition) is 3. The molecule has 0 aliphatic heterocycles. The number of anilines is 2. The van der Waals surface area contributed by atoms with E-state index < -0.39 is 0 Å². The maximum absolute atomic E-state index is 13.3. The van der Waals surface area contributed by atoms with Gasteiger partial charge in [-0.25, -0.2) is 0 Å². The second-order valence-corrected chi connectivity index (χ2v) is 7.67. The summed E-state index contributed by atoms with van der Waals surface area (Å²) < 4.78 is 1.63. The van der Waals surface area contributed by atoms with Gasteiger partial charge >= 0.3 is 0 Å². The van der Waals surface area contributed by atoms with E-state index in [9.17, 15) is 9.59 Å². The van der Waals surface area contributed by atoms with E-state index in [4.69, 9.17) is 5.73 Å². The highest BCUT2D eigenvalue weighted by Gasteiger charge is 2.17. The van der Waals surface area contributed by atoms with Crippen molar-refractivity contribution in [2.45, 2.75) is 26.8 Å². The minimum Gasteiger partial charge on any atom is -0.384 e. The average molecular weight is 412 g/mol. The van der Waals surface area contributed by atoms with Crippen LogP contribution in [-0.4, -0.2) is 10.5 Å². The van der Waals surface area contributed by atoms with Crippen LogP contribution in [0.25, 0.3) is 21.9 Å². The van der Waals surface area contributed by atoms with Gasteiger partial charge in [0, 0.05) is 28.7 Å². The fourth-order valence-electron chi connectivity index (χ4n) is 3.89. The van der Waals surface area contributed by atoms with Gasteiger partial charge in [-0.2, -0.15) is 0 Å². The van der Waals surface area contributed by atoms with E-state index in [1.165, 1.54) is 0 Å². The van der Waals surface area contributed by atoms with Crippen molar-refractivity contribution >= 4 is 28.2 Å². The molecule has 0 fully saturated rings. The minimum absolute atomic E-state index is 0.151. The Morgan fingerprint density at radius 3 is 2.45 bits per heavy atom. The van der Waals surface area contributed by atoms with Crippen LogP contribution in [0.1, 0.15) is 29.3 Å². The Kier molecular flexibility index (Phi) is 5.58. The van der Waals surface area contributed by atoms with Crippen molar-refractivity contribution in [2.24, 2.45) is 0 Å². The third-order valence-electron chi connectivity index (χ3n) is 5.36. The molecule has 156 valence electrons. The summed E-state index contributed by atoms with van der Waals surface area (Å²) in [6.45, 7) is 4.57. The fourth-order valence-corrected chi connectivity index (χ4v) is 3.89. The molecule has 4 aromatic rings. The van der Waals surface area contributed by atoms with Crippen LogP contribution >= 0.6 is 0 Å². The summed E-state index contributed by atoms with van der Waals surface area (Å²) in [6.07, 6.45) is 0.785. The van der Waals surface area contributed by atoms with Gasteiger partial charge in [0.15, 0.2) is 0 Å². The van der Waals surface area contributed by atoms with Crippen LogP contribution in [-0.2, 0) is 6.54 Å². The molecule has 31 heavy (non-hydrogen) atoms. The van der Waals surface area contributed by atoms with Gasteiger partial charge in [-0.1, -0.05) is 61.0 Å². The van der Waals surface area contributed by atoms with Gasteiger partial charge in [0.25, 0.3) is 11.5 Å². The molecule has 3 N–H and O–H groups in total. The summed E-state index contributed by atoms with van der Waals surface area (Å²) in [7, 11) is 0. The maximum atomic E-state index is 13.3. The van der Waals surface area contributed by atoms with Gasteiger partial charge in [0.2, 0.25) is 0 Å². The predicted octanol–water partition coefficient (Wildman–Crippen LogP) is 5.22. The van der Waals surface area contributed by atoms with Crippen LogP contribution < -0.4 is 16.6 Å². The van der Waals surface area contributed by atoms with Gasteiger partial charge in [-0.15, -0.1) is 0 Å². The molecular weight excluding hydrogens is 386 g/mol. The zero-order chi connectivity index (χ0) is 22.0. The first-order chi connectivity index (χ1) is 15.0. The van der Waals surface area contributed by atoms with Crippen LogP contribution in [0.2, 0.25) is 0 Å². The molecule has 0 radical (unpaired) electrons. The number of nitrogens with two attached hydrogens (primary N) is 1. The number of nitrogen functional groups attached to an aromatic ring is 1. The highest BCUT2D eigenvalue weighted by Crippen LogP contribution is 2.34. The first-order valence-electron chi connectivity index (χ1n) is 10.4. The van der Waals surface area contributed by atoms with Gasteiger partial charge in [-0.3, -0.25) is 14.2 Å². The molecule has 1 amide bonds. The first kappa shape index (κ1) is 20.4. The Morgan fingerprint density at radius 1 is 0.968 bits per heavy atom. The van der Waals surface area contributed by atoms with E-state index in [2.05, 4.69) is 11.4 Å². The van der Waals surface area contributed by atoms with Gasteiger partial charge < -0.3 is 11.1 Å². The molecule has 0 unspecified atom stereocenters. The standard InChI is InChI=1S/C26H25N3O2/c1-3-14-29-24(27)23(19-11-7-8-17(2)15-19)21-13-12-20(16-22(21)26(29)31)28-25(30)18-9-5-4-6-10-18/h4-13,15-16H,3,14,27H2,1-2H3,(H,28,30). The second kappa shape index (κ2) is 8.48. The maximum Gasteiger partial charge on any atom is 0.260 e. The molecule has 0 atom stereocenters. The molecule has 5 heteroatoms. The second-order valence-electron chi connectivity index (χ2n) is 7.67. The number of hydrogen-bond donors (Lipinski definition) is 2. The lowest BCUT2D eigenvalue weighted by molar-refractivity contribution is 0.102. The molecule has 1 heterocycles. The van der Waals surface area contributed by atoms with Gasteiger partial charge in [-0.05, 0) is 48.6 Å². The smallest absolute Gasteiger partial charge is 0.260 e. The number of amides is 1. The van der Waals surface area contributed by atoms with Crippen molar-refractivity contribution in [1.82, 2.24) is 4.57 Å². The molecule has 0 bridgehead atoms. The minimum atomic E-state index is -0.219. The predicted molar refractivity (Wildman–Crippen MR) is 127 cm³/mol. The average Bonchev–Trinajstić information content (AvgIpc) is 2.78. The van der Waals surface area contributed by atoms with Crippen molar-refractivity contribution in [1.29, 1.82) is 0 Å². The summed E-state index contributed by atoms with van der Waals surface area (Å²) in [5.41, 5.74) is 10.4. The van der Waals surface area contributed by atoms with Crippen LogP contribution in [0.4, 0.5) is 11.5 Å². The third kappa shape index (κ3) is 3.94. The molecule has 4 rings (SSSR count). The summed E-state index contributed by atoms with van der Waals surface area (Å²) in [5.74, 6) is 0.245. The molecule has 1 aromatic heterocycles. The third-order valence-corrected chi connectivity index (χ3v) is 5.36. The molecule has 0 aliphatic carbocycles. The number of fused-ring (bicyclic) bond motifs is 1.